The van der Waals surface area contributed by atoms with Crippen LogP contribution in [0, 0.1) is 0 Å². The molecule has 17 heavy (non-hydrogen) atoms. The second-order valence-corrected chi connectivity index (χ2v) is 5.98. The lowest BCUT2D eigenvalue weighted by molar-refractivity contribution is 0.376. The average Bonchev–Trinajstić information content (AvgIpc) is 2.27. The highest BCUT2D eigenvalue weighted by atomic mass is 14.7. The molecule has 0 aromatic carbocycles. The van der Waals surface area contributed by atoms with E-state index >= 15 is 0 Å². The topological polar surface area (TPSA) is 26.0 Å². The van der Waals surface area contributed by atoms with E-state index in [0.717, 1.165) is 0 Å². The highest BCUT2D eigenvalue weighted by Gasteiger charge is 2.15. The molecule has 0 rings (SSSR count). The molecule has 0 aromatic rings. The molecule has 104 valence electrons. The van der Waals surface area contributed by atoms with Gasteiger partial charge in [0.05, 0.1) is 0 Å². The van der Waals surface area contributed by atoms with Crippen LogP contribution in [0.15, 0.2) is 0 Å². The Labute approximate surface area is 110 Å². The number of nitrogens with two attached hydrogens (primary N) is 1. The van der Waals surface area contributed by atoms with Gasteiger partial charge in [0.25, 0.3) is 0 Å². The summed E-state index contributed by atoms with van der Waals surface area (Å²) in [5.41, 5.74) is 6.32. The number of rotatable bonds is 12. The Morgan fingerprint density at radius 1 is 0.647 bits per heavy atom. The van der Waals surface area contributed by atoms with Crippen LogP contribution in [0.3, 0.4) is 0 Å². The van der Waals surface area contributed by atoms with Crippen molar-refractivity contribution in [3.63, 3.8) is 0 Å². The first kappa shape index (κ1) is 17.0. The van der Waals surface area contributed by atoms with Crippen molar-refractivity contribution >= 4 is 0 Å². The molecule has 1 nitrogen and oxygen atoms in total. The van der Waals surface area contributed by atoms with Gasteiger partial charge in [0, 0.05) is 5.54 Å². The Morgan fingerprint density at radius 3 is 1.59 bits per heavy atom. The van der Waals surface area contributed by atoms with Crippen molar-refractivity contribution < 1.29 is 0 Å². The van der Waals surface area contributed by atoms with Crippen LogP contribution in [0.5, 0.6) is 0 Å². The van der Waals surface area contributed by atoms with E-state index in [2.05, 4.69) is 20.8 Å². The normalized spacial score (nSPS) is 14.8. The number of hydrogen-bond donors (Lipinski definition) is 1. The predicted octanol–water partition coefficient (Wildman–Crippen LogP) is 5.42. The Morgan fingerprint density at radius 2 is 1.12 bits per heavy atom. The lowest BCUT2D eigenvalue weighted by Crippen LogP contribution is -2.35. The first-order valence-electron chi connectivity index (χ1n) is 7.91. The monoisotopic (exact) mass is 241 g/mol. The summed E-state index contributed by atoms with van der Waals surface area (Å²) in [7, 11) is 0. The third-order valence-corrected chi connectivity index (χ3v) is 3.67. The summed E-state index contributed by atoms with van der Waals surface area (Å²) in [6.45, 7) is 6.71. The van der Waals surface area contributed by atoms with E-state index in [9.17, 15) is 0 Å². The van der Waals surface area contributed by atoms with E-state index in [1.165, 1.54) is 77.0 Å². The van der Waals surface area contributed by atoms with E-state index in [1.807, 2.05) is 0 Å². The first-order valence-corrected chi connectivity index (χ1v) is 7.91. The fourth-order valence-corrected chi connectivity index (χ4v) is 2.54. The molecular formula is C16H35N. The largest absolute Gasteiger partial charge is 0.325 e. The highest BCUT2D eigenvalue weighted by molar-refractivity contribution is 4.77. The Kier molecular flexibility index (Phi) is 11.0. The molecule has 0 saturated heterocycles. The van der Waals surface area contributed by atoms with Crippen molar-refractivity contribution in [2.75, 3.05) is 0 Å². The van der Waals surface area contributed by atoms with Crippen molar-refractivity contribution in [2.45, 2.75) is 103 Å². The van der Waals surface area contributed by atoms with Crippen LogP contribution in [0.1, 0.15) is 97.8 Å². The van der Waals surface area contributed by atoms with Crippen molar-refractivity contribution in [3.05, 3.63) is 0 Å². The number of unbranched alkanes of at least 4 members (excludes halogenated alkanes) is 8. The van der Waals surface area contributed by atoms with Crippen LogP contribution in [-0.4, -0.2) is 5.54 Å². The first-order chi connectivity index (χ1) is 8.12. The summed E-state index contributed by atoms with van der Waals surface area (Å²) in [5, 5.41) is 0. The van der Waals surface area contributed by atoms with Crippen LogP contribution in [0.4, 0.5) is 0 Å². The van der Waals surface area contributed by atoms with Crippen LogP contribution in [0.25, 0.3) is 0 Å². The van der Waals surface area contributed by atoms with Gasteiger partial charge in [-0.2, -0.15) is 0 Å². The van der Waals surface area contributed by atoms with Gasteiger partial charge in [0.2, 0.25) is 0 Å². The van der Waals surface area contributed by atoms with Gasteiger partial charge in [-0.15, -0.1) is 0 Å². The SMILES string of the molecule is CCCCCCCCCCCC(C)(N)CCC. The molecule has 0 bridgehead atoms. The third-order valence-electron chi connectivity index (χ3n) is 3.67. The summed E-state index contributed by atoms with van der Waals surface area (Å²) in [5.74, 6) is 0. The second kappa shape index (κ2) is 11.1. The minimum absolute atomic E-state index is 0.0931. The number of hydrogen-bond acceptors (Lipinski definition) is 1. The maximum absolute atomic E-state index is 6.22. The Bertz CT molecular complexity index is 152. The summed E-state index contributed by atoms with van der Waals surface area (Å²) < 4.78 is 0. The van der Waals surface area contributed by atoms with Crippen LogP contribution >= 0.6 is 0 Å². The zero-order valence-electron chi connectivity index (χ0n) is 12.6. The summed E-state index contributed by atoms with van der Waals surface area (Å²) in [4.78, 5) is 0. The van der Waals surface area contributed by atoms with E-state index in [1.54, 1.807) is 0 Å². The Hall–Kier alpha value is -0.0400. The minimum Gasteiger partial charge on any atom is -0.325 e. The molecule has 0 aliphatic carbocycles. The summed E-state index contributed by atoms with van der Waals surface area (Å²) in [6, 6.07) is 0. The van der Waals surface area contributed by atoms with Crippen molar-refractivity contribution in [1.29, 1.82) is 0 Å². The molecule has 1 atom stereocenters. The molecule has 1 unspecified atom stereocenters. The molecule has 0 spiro atoms. The van der Waals surface area contributed by atoms with Crippen molar-refractivity contribution in [3.8, 4) is 0 Å². The van der Waals surface area contributed by atoms with E-state index in [-0.39, 0.29) is 5.54 Å². The third kappa shape index (κ3) is 12.2. The maximum atomic E-state index is 6.22. The molecule has 0 saturated carbocycles. The molecular weight excluding hydrogens is 206 g/mol. The van der Waals surface area contributed by atoms with Gasteiger partial charge in [0.1, 0.15) is 0 Å². The molecule has 0 amide bonds. The summed E-state index contributed by atoms with van der Waals surface area (Å²) in [6.07, 6.45) is 16.2. The standard InChI is InChI=1S/C16H35N/c1-4-6-7-8-9-10-11-12-13-15-16(3,17)14-5-2/h4-15,17H2,1-3H3. The molecule has 0 aromatic heterocycles. The van der Waals surface area contributed by atoms with Gasteiger partial charge >= 0.3 is 0 Å². The zero-order chi connectivity index (χ0) is 13.0. The quantitative estimate of drug-likeness (QED) is 0.453. The molecule has 0 fully saturated rings. The highest BCUT2D eigenvalue weighted by Crippen LogP contribution is 2.18. The van der Waals surface area contributed by atoms with Gasteiger partial charge in [-0.25, -0.2) is 0 Å². The van der Waals surface area contributed by atoms with E-state index in [0.29, 0.717) is 0 Å². The van der Waals surface area contributed by atoms with Crippen LogP contribution < -0.4 is 5.73 Å². The molecule has 0 radical (unpaired) electrons. The lowest BCUT2D eigenvalue weighted by atomic mass is 9.90. The molecule has 2 N–H and O–H groups in total. The smallest absolute Gasteiger partial charge is 0.0125 e. The van der Waals surface area contributed by atoms with Gasteiger partial charge in [-0.05, 0) is 19.8 Å². The summed E-state index contributed by atoms with van der Waals surface area (Å²) >= 11 is 0. The molecule has 1 heteroatoms. The van der Waals surface area contributed by atoms with Crippen LogP contribution in [-0.2, 0) is 0 Å². The van der Waals surface area contributed by atoms with Crippen molar-refractivity contribution in [2.24, 2.45) is 5.73 Å². The molecule has 0 heterocycles. The fourth-order valence-electron chi connectivity index (χ4n) is 2.54. The van der Waals surface area contributed by atoms with E-state index in [4.69, 9.17) is 5.73 Å². The average molecular weight is 241 g/mol. The van der Waals surface area contributed by atoms with Gasteiger partial charge in [-0.3, -0.25) is 0 Å². The second-order valence-electron chi connectivity index (χ2n) is 5.98. The van der Waals surface area contributed by atoms with E-state index < -0.39 is 0 Å². The predicted molar refractivity (Wildman–Crippen MR) is 79.3 cm³/mol. The van der Waals surface area contributed by atoms with Crippen molar-refractivity contribution in [1.82, 2.24) is 0 Å². The van der Waals surface area contributed by atoms with Gasteiger partial charge in [0.15, 0.2) is 0 Å². The fraction of sp³-hybridized carbons (Fsp3) is 1.00. The minimum atomic E-state index is 0.0931. The van der Waals surface area contributed by atoms with Gasteiger partial charge in [-0.1, -0.05) is 78.1 Å². The molecule has 0 aliphatic rings. The van der Waals surface area contributed by atoms with Gasteiger partial charge < -0.3 is 5.73 Å². The Balaban J connectivity index is 3.18. The van der Waals surface area contributed by atoms with Crippen LogP contribution in [0.2, 0.25) is 0 Å². The maximum Gasteiger partial charge on any atom is 0.0125 e. The zero-order valence-corrected chi connectivity index (χ0v) is 12.6. The molecule has 0 aliphatic heterocycles. The lowest BCUT2D eigenvalue weighted by Gasteiger charge is -2.23.